The number of hydrogen-bond donors (Lipinski definition) is 3. The first kappa shape index (κ1) is 20.3. The molecule has 4 aliphatic rings. The van der Waals surface area contributed by atoms with Crippen molar-refractivity contribution in [2.24, 2.45) is 23.2 Å². The number of carbonyl (C=O) groups excluding carboxylic acids is 1. The number of ether oxygens (including phenoxy) is 2. The number of rotatable bonds is 6. The third-order valence-corrected chi connectivity index (χ3v) is 8.13. The van der Waals surface area contributed by atoms with E-state index in [1.807, 2.05) is 0 Å². The summed E-state index contributed by atoms with van der Waals surface area (Å²) >= 11 is 0. The Balaban J connectivity index is 1.33. The molecule has 0 bridgehead atoms. The van der Waals surface area contributed by atoms with Gasteiger partial charge in [0.25, 0.3) is 0 Å². The van der Waals surface area contributed by atoms with E-state index in [1.165, 1.54) is 12.1 Å². The summed E-state index contributed by atoms with van der Waals surface area (Å²) in [6, 6.07) is 0. The summed E-state index contributed by atoms with van der Waals surface area (Å²) in [7, 11) is 0. The summed E-state index contributed by atoms with van der Waals surface area (Å²) in [5, 5.41) is 13.6. The largest absolute Gasteiger partial charge is 0.461 e. The van der Waals surface area contributed by atoms with Gasteiger partial charge in [0.15, 0.2) is 0 Å². The molecular formula is C22H38N2O4+2. The third-order valence-electron chi connectivity index (χ3n) is 8.13. The van der Waals surface area contributed by atoms with Crippen molar-refractivity contribution >= 4 is 5.97 Å². The summed E-state index contributed by atoms with van der Waals surface area (Å²) < 4.78 is 11.2. The quantitative estimate of drug-likeness (QED) is 0.311. The lowest BCUT2D eigenvalue weighted by Gasteiger charge is -2.51. The van der Waals surface area contributed by atoms with E-state index in [-0.39, 0.29) is 29.3 Å². The van der Waals surface area contributed by atoms with Gasteiger partial charge in [-0.05, 0) is 18.8 Å². The second kappa shape index (κ2) is 8.42. The molecule has 4 N–H and O–H groups in total. The Morgan fingerprint density at radius 2 is 2.14 bits per heavy atom. The summed E-state index contributed by atoms with van der Waals surface area (Å²) in [4.78, 5) is 14.2. The molecule has 0 radical (unpaired) electrons. The van der Waals surface area contributed by atoms with Gasteiger partial charge in [-0.15, -0.1) is 0 Å². The number of nitrogens with two attached hydrogens (primary N) is 1. The molecule has 0 unspecified atom stereocenters. The Hall–Kier alpha value is -0.950. The Morgan fingerprint density at radius 3 is 2.93 bits per heavy atom. The number of aliphatic hydroxyl groups is 1. The molecule has 2 aliphatic heterocycles. The molecule has 28 heavy (non-hydrogen) atoms. The van der Waals surface area contributed by atoms with Gasteiger partial charge in [-0.1, -0.05) is 25.5 Å². The maximum atomic E-state index is 12.6. The first-order chi connectivity index (χ1) is 13.5. The highest BCUT2D eigenvalue weighted by Crippen LogP contribution is 2.55. The summed E-state index contributed by atoms with van der Waals surface area (Å²) in [5.41, 5.74) is 1.11. The number of aliphatic hydroxyl groups excluding tert-OH is 1. The number of nitrogens with one attached hydrogen (secondary N) is 1. The monoisotopic (exact) mass is 394 g/mol. The van der Waals surface area contributed by atoms with Gasteiger partial charge >= 0.3 is 5.97 Å². The van der Waals surface area contributed by atoms with Crippen LogP contribution in [0.4, 0.5) is 0 Å². The standard InChI is InChI=1S/C22H36N2O4/c1-15-5-3-6-16-13-18-19(20(25)22(15,16)2)17(21(26)28-18)14-23-7-4-8-24-9-11-27-12-10-24/h6,15,17-20,23,25H,3-5,7-14H2,1-2H3/p+2/t15-,17+,18-,19-,20+,22-/m1/s1. The van der Waals surface area contributed by atoms with Gasteiger partial charge in [0.1, 0.15) is 25.1 Å². The highest BCUT2D eigenvalue weighted by atomic mass is 16.6. The molecule has 3 fully saturated rings. The average molecular weight is 395 g/mol. The first-order valence-electron chi connectivity index (χ1n) is 11.3. The molecule has 158 valence electrons. The van der Waals surface area contributed by atoms with E-state index < -0.39 is 6.10 Å². The van der Waals surface area contributed by atoms with Gasteiger partial charge in [0.05, 0.1) is 39.0 Å². The van der Waals surface area contributed by atoms with Crippen LogP contribution >= 0.6 is 0 Å². The van der Waals surface area contributed by atoms with E-state index in [0.29, 0.717) is 5.92 Å². The average Bonchev–Trinajstić information content (AvgIpc) is 3.00. The van der Waals surface area contributed by atoms with E-state index in [0.717, 1.165) is 65.1 Å². The van der Waals surface area contributed by atoms with Gasteiger partial charge in [0, 0.05) is 24.2 Å². The maximum Gasteiger partial charge on any atom is 0.315 e. The topological polar surface area (TPSA) is 76.8 Å². The molecular weight excluding hydrogens is 356 g/mol. The van der Waals surface area contributed by atoms with Crippen LogP contribution in [0, 0.1) is 23.2 Å². The molecule has 4 rings (SSSR count). The van der Waals surface area contributed by atoms with E-state index in [4.69, 9.17) is 9.47 Å². The van der Waals surface area contributed by atoms with Crippen LogP contribution in [0.25, 0.3) is 0 Å². The molecule has 6 atom stereocenters. The SMILES string of the molecule is C[C@@H]1CCC=C2C[C@H]3OC(=O)[C@@H](C[NH2+]CCC[NH+]4CCOCC4)[C@H]3[C@H](O)[C@@]21C. The minimum Gasteiger partial charge on any atom is -0.461 e. The number of hydrogen-bond acceptors (Lipinski definition) is 4. The Labute approximate surface area is 168 Å². The van der Waals surface area contributed by atoms with Crippen LogP contribution in [0.15, 0.2) is 11.6 Å². The molecule has 2 aliphatic carbocycles. The zero-order valence-corrected chi connectivity index (χ0v) is 17.5. The van der Waals surface area contributed by atoms with E-state index in [2.05, 4.69) is 25.2 Å². The molecule has 6 heteroatoms. The molecule has 6 nitrogen and oxygen atoms in total. The molecule has 0 spiro atoms. The molecule has 0 aromatic carbocycles. The number of morpholine rings is 1. The van der Waals surface area contributed by atoms with Crippen molar-refractivity contribution in [1.82, 2.24) is 0 Å². The minimum atomic E-state index is -0.490. The number of quaternary nitrogens is 2. The second-order valence-electron chi connectivity index (χ2n) is 9.58. The first-order valence-corrected chi connectivity index (χ1v) is 11.3. The van der Waals surface area contributed by atoms with Crippen molar-refractivity contribution in [1.29, 1.82) is 0 Å². The fraction of sp³-hybridized carbons (Fsp3) is 0.864. The molecule has 2 saturated heterocycles. The maximum absolute atomic E-state index is 12.6. The molecule has 1 saturated carbocycles. The molecule has 0 aromatic heterocycles. The zero-order valence-electron chi connectivity index (χ0n) is 17.5. The summed E-state index contributed by atoms with van der Waals surface area (Å²) in [5.74, 6) is 0.111. The highest BCUT2D eigenvalue weighted by Gasteiger charge is 2.60. The number of allylic oxidation sites excluding steroid dienone is 1. The lowest BCUT2D eigenvalue weighted by molar-refractivity contribution is -0.909. The minimum absolute atomic E-state index is 0.0590. The van der Waals surface area contributed by atoms with E-state index in [1.54, 1.807) is 4.90 Å². The predicted octanol–water partition coefficient (Wildman–Crippen LogP) is -0.860. The normalized spacial score (nSPS) is 41.2. The predicted molar refractivity (Wildman–Crippen MR) is 105 cm³/mol. The van der Waals surface area contributed by atoms with Crippen molar-refractivity contribution in [3.8, 4) is 0 Å². The Morgan fingerprint density at radius 1 is 1.36 bits per heavy atom. The van der Waals surface area contributed by atoms with E-state index >= 15 is 0 Å². The van der Waals surface area contributed by atoms with E-state index in [9.17, 15) is 9.90 Å². The fourth-order valence-electron chi connectivity index (χ4n) is 6.03. The summed E-state index contributed by atoms with van der Waals surface area (Å²) in [6.45, 7) is 11.4. The number of esters is 1. The third kappa shape index (κ3) is 3.64. The van der Waals surface area contributed by atoms with Gasteiger partial charge in [-0.25, -0.2) is 0 Å². The lowest BCUT2D eigenvalue weighted by Crippen LogP contribution is -3.14. The summed E-state index contributed by atoms with van der Waals surface area (Å²) in [6.07, 6.45) is 5.82. The van der Waals surface area contributed by atoms with Crippen molar-refractivity contribution in [3.63, 3.8) is 0 Å². The van der Waals surface area contributed by atoms with Crippen LogP contribution in [0.2, 0.25) is 0 Å². The van der Waals surface area contributed by atoms with Gasteiger partial charge in [-0.3, -0.25) is 4.79 Å². The Kier molecular flexibility index (Phi) is 6.12. The zero-order chi connectivity index (χ0) is 19.7. The van der Waals surface area contributed by atoms with Crippen LogP contribution in [-0.2, 0) is 14.3 Å². The van der Waals surface area contributed by atoms with Crippen LogP contribution in [0.5, 0.6) is 0 Å². The molecule has 2 heterocycles. The van der Waals surface area contributed by atoms with Crippen molar-refractivity contribution < 1.29 is 29.6 Å². The number of carbonyl (C=O) groups is 1. The van der Waals surface area contributed by atoms with Crippen molar-refractivity contribution in [2.75, 3.05) is 45.9 Å². The highest BCUT2D eigenvalue weighted by molar-refractivity contribution is 5.76. The van der Waals surface area contributed by atoms with Crippen molar-refractivity contribution in [2.45, 2.75) is 51.7 Å². The molecule has 0 amide bonds. The van der Waals surface area contributed by atoms with Crippen LogP contribution in [0.3, 0.4) is 0 Å². The van der Waals surface area contributed by atoms with Crippen LogP contribution in [-0.4, -0.2) is 69.2 Å². The van der Waals surface area contributed by atoms with Gasteiger partial charge in [0.2, 0.25) is 0 Å². The van der Waals surface area contributed by atoms with Crippen molar-refractivity contribution in [3.05, 3.63) is 11.6 Å². The van der Waals surface area contributed by atoms with Crippen LogP contribution < -0.4 is 10.2 Å². The fourth-order valence-corrected chi connectivity index (χ4v) is 6.03. The van der Waals surface area contributed by atoms with Gasteiger partial charge in [-0.2, -0.15) is 0 Å². The lowest BCUT2D eigenvalue weighted by atomic mass is 9.55. The number of fused-ring (bicyclic) bond motifs is 2. The smallest absolute Gasteiger partial charge is 0.315 e. The van der Waals surface area contributed by atoms with Crippen LogP contribution in [0.1, 0.15) is 39.5 Å². The molecule has 0 aromatic rings. The van der Waals surface area contributed by atoms with Gasteiger partial charge < -0.3 is 24.8 Å². The Bertz CT molecular complexity index is 603. The second-order valence-corrected chi connectivity index (χ2v) is 9.58.